The summed E-state index contributed by atoms with van der Waals surface area (Å²) in [7, 11) is 0. The van der Waals surface area contributed by atoms with Gasteiger partial charge in [0.2, 0.25) is 6.79 Å². The molecule has 3 N–H and O–H groups in total. The zero-order valence-electron chi connectivity index (χ0n) is 24.5. The Balaban J connectivity index is 1.40. The second-order valence-electron chi connectivity index (χ2n) is 11.0. The van der Waals surface area contributed by atoms with Crippen LogP contribution in [0, 0.1) is 0 Å². The third-order valence-electron chi connectivity index (χ3n) is 7.82. The minimum absolute atomic E-state index is 0.0242. The molecule has 1 saturated carbocycles. The van der Waals surface area contributed by atoms with Crippen LogP contribution in [0.2, 0.25) is 0 Å². The third kappa shape index (κ3) is 8.21. The van der Waals surface area contributed by atoms with Crippen LogP contribution in [0.5, 0.6) is 23.0 Å². The zero-order chi connectivity index (χ0) is 30.9. The normalized spacial score (nSPS) is 14.2. The van der Waals surface area contributed by atoms with Crippen molar-refractivity contribution in [1.29, 1.82) is 0 Å². The second-order valence-corrected chi connectivity index (χ2v) is 11.0. The van der Waals surface area contributed by atoms with Crippen LogP contribution in [0.3, 0.4) is 0 Å². The van der Waals surface area contributed by atoms with Gasteiger partial charge in [0.05, 0.1) is 6.61 Å². The summed E-state index contributed by atoms with van der Waals surface area (Å²) in [6, 6.07) is 16.6. The molecular weight excluding hydrogens is 566 g/mol. The van der Waals surface area contributed by atoms with Crippen molar-refractivity contribution in [2.45, 2.75) is 70.4 Å². The maximum atomic E-state index is 13.4. The number of aliphatic carboxylic acids is 2. The molecular formula is C34H37NO9. The molecule has 10 nitrogen and oxygen atoms in total. The summed E-state index contributed by atoms with van der Waals surface area (Å²) in [5.74, 6) is 0.258. The maximum absolute atomic E-state index is 13.4. The average Bonchev–Trinajstić information content (AvgIpc) is 3.50. The highest BCUT2D eigenvalue weighted by atomic mass is 16.7. The first-order chi connectivity index (χ1) is 21.4. The number of carbonyl (C=O) groups excluding carboxylic acids is 1. The Hall–Kier alpha value is -4.73. The van der Waals surface area contributed by atoms with Crippen molar-refractivity contribution in [3.63, 3.8) is 0 Å². The molecule has 3 aromatic rings. The van der Waals surface area contributed by atoms with Gasteiger partial charge in [0.25, 0.3) is 5.91 Å². The third-order valence-corrected chi connectivity index (χ3v) is 7.82. The number of hydrogen-bond donors (Lipinski definition) is 3. The molecule has 1 heterocycles. The number of carboxylic acids is 2. The minimum atomic E-state index is -0.942. The van der Waals surface area contributed by atoms with Crippen LogP contribution in [0.15, 0.2) is 54.6 Å². The number of rotatable bonds is 14. The van der Waals surface area contributed by atoms with E-state index in [1.165, 1.54) is 6.42 Å². The molecule has 0 spiro atoms. The molecule has 1 aliphatic heterocycles. The van der Waals surface area contributed by atoms with Crippen molar-refractivity contribution < 1.29 is 43.5 Å². The summed E-state index contributed by atoms with van der Waals surface area (Å²) in [6.45, 7) is 0.451. The Morgan fingerprint density at radius 1 is 0.841 bits per heavy atom. The lowest BCUT2D eigenvalue weighted by atomic mass is 9.95. The molecule has 1 aliphatic carbocycles. The standard InChI is InChI=1S/C34H37NO9/c36-32(37)10-5-15-41-29-9-4-6-23(28(29)12-14-33(38)39)20-42-27-17-24(22-11-13-30-31(19-22)44-21-43-30)16-25(18-27)34(40)35-26-7-2-1-3-8-26/h4,6,9,11,13,16-19,26H,1-3,5,7-8,10,12,14-15,20-21H2,(H,35,40)(H,36,37)(H,38,39). The van der Waals surface area contributed by atoms with Gasteiger partial charge in [-0.2, -0.15) is 0 Å². The Kier molecular flexibility index (Phi) is 10.2. The van der Waals surface area contributed by atoms with Gasteiger partial charge in [-0.1, -0.05) is 37.5 Å². The van der Waals surface area contributed by atoms with Crippen LogP contribution < -0.4 is 24.3 Å². The van der Waals surface area contributed by atoms with Gasteiger partial charge in [-0.25, -0.2) is 0 Å². The summed E-state index contributed by atoms with van der Waals surface area (Å²) in [5.41, 5.74) is 3.51. The van der Waals surface area contributed by atoms with E-state index in [4.69, 9.17) is 24.1 Å². The molecule has 1 fully saturated rings. The molecule has 2 aliphatic rings. The Labute approximate surface area is 255 Å². The van der Waals surface area contributed by atoms with Gasteiger partial charge < -0.3 is 34.5 Å². The Morgan fingerprint density at radius 3 is 2.43 bits per heavy atom. The number of ether oxygens (including phenoxy) is 4. The van der Waals surface area contributed by atoms with E-state index in [1.54, 1.807) is 18.2 Å². The SMILES string of the molecule is O=C(O)CCCOc1cccc(COc2cc(C(=O)NC3CCCCC3)cc(-c3ccc4c(c3)OCO4)c2)c1CCC(=O)O. The van der Waals surface area contributed by atoms with E-state index < -0.39 is 11.9 Å². The quantitative estimate of drug-likeness (QED) is 0.190. The summed E-state index contributed by atoms with van der Waals surface area (Å²) in [4.78, 5) is 35.7. The molecule has 5 rings (SSSR count). The topological polar surface area (TPSA) is 141 Å². The van der Waals surface area contributed by atoms with Gasteiger partial charge in [0.15, 0.2) is 11.5 Å². The van der Waals surface area contributed by atoms with E-state index in [1.807, 2.05) is 36.4 Å². The monoisotopic (exact) mass is 603 g/mol. The van der Waals surface area contributed by atoms with E-state index in [0.29, 0.717) is 40.5 Å². The highest BCUT2D eigenvalue weighted by molar-refractivity contribution is 5.96. The fourth-order valence-electron chi connectivity index (χ4n) is 5.54. The fraction of sp³-hybridized carbons (Fsp3) is 0.382. The largest absolute Gasteiger partial charge is 0.493 e. The molecule has 0 bridgehead atoms. The molecule has 0 unspecified atom stereocenters. The van der Waals surface area contributed by atoms with Crippen molar-refractivity contribution in [1.82, 2.24) is 5.32 Å². The predicted molar refractivity (Wildman–Crippen MR) is 161 cm³/mol. The lowest BCUT2D eigenvalue weighted by molar-refractivity contribution is -0.138. The van der Waals surface area contributed by atoms with Crippen molar-refractivity contribution >= 4 is 17.8 Å². The van der Waals surface area contributed by atoms with E-state index in [-0.39, 0.29) is 51.2 Å². The summed E-state index contributed by atoms with van der Waals surface area (Å²) >= 11 is 0. The van der Waals surface area contributed by atoms with Gasteiger partial charge in [-0.05, 0) is 78.8 Å². The van der Waals surface area contributed by atoms with Crippen molar-refractivity contribution in [3.05, 3.63) is 71.3 Å². The van der Waals surface area contributed by atoms with Gasteiger partial charge in [-0.15, -0.1) is 0 Å². The smallest absolute Gasteiger partial charge is 0.303 e. The van der Waals surface area contributed by atoms with Gasteiger partial charge in [0, 0.05) is 30.0 Å². The Morgan fingerprint density at radius 2 is 1.64 bits per heavy atom. The van der Waals surface area contributed by atoms with Crippen LogP contribution in [0.1, 0.15) is 72.9 Å². The molecule has 44 heavy (non-hydrogen) atoms. The molecule has 3 aromatic carbocycles. The van der Waals surface area contributed by atoms with Crippen LogP contribution >= 0.6 is 0 Å². The second kappa shape index (κ2) is 14.6. The summed E-state index contributed by atoms with van der Waals surface area (Å²) in [6.07, 6.45) is 5.73. The first kappa shape index (κ1) is 30.7. The van der Waals surface area contributed by atoms with Crippen molar-refractivity contribution in [2.24, 2.45) is 0 Å². The van der Waals surface area contributed by atoms with E-state index in [0.717, 1.165) is 42.4 Å². The lowest BCUT2D eigenvalue weighted by Crippen LogP contribution is -2.36. The number of carboxylic acid groups (broad SMARTS) is 2. The molecule has 0 radical (unpaired) electrons. The molecule has 0 saturated heterocycles. The number of amides is 1. The number of fused-ring (bicyclic) bond motifs is 1. The Bertz CT molecular complexity index is 1500. The number of nitrogens with one attached hydrogen (secondary N) is 1. The van der Waals surface area contributed by atoms with Gasteiger partial charge in [0.1, 0.15) is 18.1 Å². The highest BCUT2D eigenvalue weighted by Gasteiger charge is 2.20. The number of hydrogen-bond acceptors (Lipinski definition) is 7. The van der Waals surface area contributed by atoms with Crippen molar-refractivity contribution in [3.8, 4) is 34.1 Å². The van der Waals surface area contributed by atoms with Gasteiger partial charge in [-0.3, -0.25) is 14.4 Å². The van der Waals surface area contributed by atoms with Crippen LogP contribution in [-0.4, -0.2) is 47.5 Å². The van der Waals surface area contributed by atoms with Crippen LogP contribution in [0.25, 0.3) is 11.1 Å². The molecule has 0 aromatic heterocycles. The summed E-state index contributed by atoms with van der Waals surface area (Å²) in [5, 5.41) is 21.5. The number of carbonyl (C=O) groups is 3. The molecule has 232 valence electrons. The lowest BCUT2D eigenvalue weighted by Gasteiger charge is -2.23. The van der Waals surface area contributed by atoms with Crippen molar-refractivity contribution in [2.75, 3.05) is 13.4 Å². The van der Waals surface area contributed by atoms with Gasteiger partial charge >= 0.3 is 11.9 Å². The predicted octanol–water partition coefficient (Wildman–Crippen LogP) is 5.98. The number of benzene rings is 3. The maximum Gasteiger partial charge on any atom is 0.303 e. The zero-order valence-corrected chi connectivity index (χ0v) is 24.5. The first-order valence-electron chi connectivity index (χ1n) is 15.0. The fourth-order valence-corrected chi connectivity index (χ4v) is 5.54. The van der Waals surface area contributed by atoms with E-state index in [9.17, 15) is 19.5 Å². The average molecular weight is 604 g/mol. The first-order valence-corrected chi connectivity index (χ1v) is 15.0. The molecule has 1 amide bonds. The minimum Gasteiger partial charge on any atom is -0.493 e. The van der Waals surface area contributed by atoms with Crippen LogP contribution in [0.4, 0.5) is 0 Å². The summed E-state index contributed by atoms with van der Waals surface area (Å²) < 4.78 is 23.2. The van der Waals surface area contributed by atoms with E-state index in [2.05, 4.69) is 5.32 Å². The molecule has 0 atom stereocenters. The molecule has 10 heteroatoms. The highest BCUT2D eigenvalue weighted by Crippen LogP contribution is 2.37. The van der Waals surface area contributed by atoms with E-state index >= 15 is 0 Å². The van der Waals surface area contributed by atoms with Crippen LogP contribution in [-0.2, 0) is 22.6 Å².